The Morgan fingerprint density at radius 1 is 1.00 bits per heavy atom. The van der Waals surface area contributed by atoms with Crippen LogP contribution in [0.3, 0.4) is 0 Å². The smallest absolute Gasteiger partial charge is 0.0618 e. The van der Waals surface area contributed by atoms with Crippen LogP contribution in [0.2, 0.25) is 0 Å². The maximum absolute atomic E-state index is 10.3. The first-order chi connectivity index (χ1) is 14.3. The lowest BCUT2D eigenvalue weighted by Gasteiger charge is -2.61. The van der Waals surface area contributed by atoms with Crippen molar-refractivity contribution in [3.63, 3.8) is 0 Å². The van der Waals surface area contributed by atoms with Crippen molar-refractivity contribution < 1.29 is 14.9 Å². The number of ether oxygens (including phenoxy) is 1. The Bertz CT molecular complexity index is 636. The molecule has 4 saturated carbocycles. The number of hydrogen-bond acceptors (Lipinski definition) is 3. The summed E-state index contributed by atoms with van der Waals surface area (Å²) in [6.45, 7) is 10.2. The van der Waals surface area contributed by atoms with E-state index in [0.717, 1.165) is 55.3 Å². The van der Waals surface area contributed by atoms with Gasteiger partial charge in [-0.05, 0) is 116 Å². The molecule has 172 valence electrons. The lowest BCUT2D eigenvalue weighted by atomic mass is 9.44. The van der Waals surface area contributed by atoms with E-state index < -0.39 is 0 Å². The Balaban J connectivity index is 1.32. The average Bonchev–Trinajstić information content (AvgIpc) is 3.20. The van der Waals surface area contributed by atoms with Crippen molar-refractivity contribution in [3.05, 3.63) is 0 Å². The van der Waals surface area contributed by atoms with Crippen LogP contribution < -0.4 is 0 Å². The highest BCUT2D eigenvalue weighted by Crippen LogP contribution is 2.70. The summed E-state index contributed by atoms with van der Waals surface area (Å²) in [4.78, 5) is 0. The zero-order chi connectivity index (χ0) is 21.3. The van der Waals surface area contributed by atoms with Crippen LogP contribution in [0.5, 0.6) is 0 Å². The van der Waals surface area contributed by atoms with Crippen LogP contribution in [0.1, 0.15) is 91.9 Å². The van der Waals surface area contributed by atoms with E-state index in [1.165, 1.54) is 38.5 Å². The Morgan fingerprint density at radius 3 is 2.53 bits per heavy atom. The van der Waals surface area contributed by atoms with Crippen LogP contribution in [0.25, 0.3) is 0 Å². The molecule has 0 amide bonds. The normalized spacial score (nSPS) is 56.0. The largest absolute Gasteiger partial charge is 0.396 e. The van der Waals surface area contributed by atoms with Gasteiger partial charge in [0.15, 0.2) is 0 Å². The molecule has 5 aliphatic rings. The molecule has 2 N–H and O–H groups in total. The third kappa shape index (κ3) is 3.16. The Hall–Kier alpha value is -0.120. The van der Waals surface area contributed by atoms with E-state index in [-0.39, 0.29) is 6.10 Å². The second-order valence-electron chi connectivity index (χ2n) is 12.8. The van der Waals surface area contributed by atoms with Gasteiger partial charge in [-0.15, -0.1) is 0 Å². The summed E-state index contributed by atoms with van der Waals surface area (Å²) < 4.78 is 6.76. The highest BCUT2D eigenvalue weighted by molar-refractivity contribution is 5.14. The van der Waals surface area contributed by atoms with Crippen molar-refractivity contribution in [2.24, 2.45) is 52.3 Å². The summed E-state index contributed by atoms with van der Waals surface area (Å²) in [7, 11) is 0. The molecule has 5 fully saturated rings. The third-order valence-electron chi connectivity index (χ3n) is 11.5. The summed E-state index contributed by atoms with van der Waals surface area (Å²) in [5.74, 6) is 5.13. The van der Waals surface area contributed by atoms with E-state index in [1.54, 1.807) is 0 Å². The minimum absolute atomic E-state index is 0.0425. The van der Waals surface area contributed by atoms with Gasteiger partial charge in [0.2, 0.25) is 0 Å². The SMILES string of the molecule is C[C@@H](CO)CC[C@@H]1O[C@H]2C[C@H]3[C@@H]4CC[C@H]5C[C@@H](O)CC[C@]5(C)[C@H]4CC[C@]3(C)[C@H]2[C@H]1C. The highest BCUT2D eigenvalue weighted by Gasteiger charge is 2.65. The van der Waals surface area contributed by atoms with Crippen LogP contribution in [0.4, 0.5) is 0 Å². The van der Waals surface area contributed by atoms with E-state index in [2.05, 4.69) is 27.7 Å². The Morgan fingerprint density at radius 2 is 1.77 bits per heavy atom. The van der Waals surface area contributed by atoms with Crippen LogP contribution >= 0.6 is 0 Å². The monoisotopic (exact) mass is 418 g/mol. The van der Waals surface area contributed by atoms with Crippen LogP contribution in [0, 0.1) is 52.3 Å². The fraction of sp³-hybridized carbons (Fsp3) is 1.00. The quantitative estimate of drug-likeness (QED) is 0.640. The molecule has 0 bridgehead atoms. The Labute approximate surface area is 184 Å². The van der Waals surface area contributed by atoms with E-state index in [0.29, 0.717) is 41.5 Å². The molecule has 1 aliphatic heterocycles. The van der Waals surface area contributed by atoms with Crippen molar-refractivity contribution in [3.8, 4) is 0 Å². The zero-order valence-corrected chi connectivity index (χ0v) is 19.9. The second kappa shape index (κ2) is 7.73. The zero-order valence-electron chi connectivity index (χ0n) is 19.9. The first kappa shape index (κ1) is 21.7. The molecule has 3 heteroatoms. The summed E-state index contributed by atoms with van der Waals surface area (Å²) in [5, 5.41) is 19.7. The van der Waals surface area contributed by atoms with Crippen molar-refractivity contribution in [2.45, 2.75) is 110 Å². The number of aliphatic hydroxyl groups excluding tert-OH is 2. The minimum Gasteiger partial charge on any atom is -0.396 e. The summed E-state index contributed by atoms with van der Waals surface area (Å²) in [5.41, 5.74) is 0.927. The van der Waals surface area contributed by atoms with Crippen LogP contribution in [0.15, 0.2) is 0 Å². The topological polar surface area (TPSA) is 49.7 Å². The molecule has 0 aromatic carbocycles. The van der Waals surface area contributed by atoms with Gasteiger partial charge in [-0.3, -0.25) is 0 Å². The molecule has 1 heterocycles. The Kier molecular flexibility index (Phi) is 5.60. The van der Waals surface area contributed by atoms with E-state index in [4.69, 9.17) is 4.74 Å². The molecule has 0 unspecified atom stereocenters. The van der Waals surface area contributed by atoms with Crippen molar-refractivity contribution in [2.75, 3.05) is 6.61 Å². The first-order valence-electron chi connectivity index (χ1n) is 13.2. The van der Waals surface area contributed by atoms with Gasteiger partial charge in [0, 0.05) is 6.61 Å². The van der Waals surface area contributed by atoms with Gasteiger partial charge in [0.25, 0.3) is 0 Å². The number of rotatable bonds is 4. The fourth-order valence-electron chi connectivity index (χ4n) is 9.79. The molecule has 5 rings (SSSR count). The van der Waals surface area contributed by atoms with Gasteiger partial charge in [-0.1, -0.05) is 27.7 Å². The molecule has 3 nitrogen and oxygen atoms in total. The highest BCUT2D eigenvalue weighted by atomic mass is 16.5. The van der Waals surface area contributed by atoms with E-state index >= 15 is 0 Å². The molecule has 0 aromatic heterocycles. The summed E-state index contributed by atoms with van der Waals surface area (Å²) >= 11 is 0. The van der Waals surface area contributed by atoms with Crippen molar-refractivity contribution in [1.29, 1.82) is 0 Å². The van der Waals surface area contributed by atoms with Crippen LogP contribution in [-0.4, -0.2) is 35.1 Å². The molecule has 0 spiro atoms. The molecular weight excluding hydrogens is 372 g/mol. The lowest BCUT2D eigenvalue weighted by molar-refractivity contribution is -0.130. The maximum atomic E-state index is 10.3. The van der Waals surface area contributed by atoms with Crippen LogP contribution in [-0.2, 0) is 4.74 Å². The fourth-order valence-corrected chi connectivity index (χ4v) is 9.79. The van der Waals surface area contributed by atoms with Gasteiger partial charge >= 0.3 is 0 Å². The summed E-state index contributed by atoms with van der Waals surface area (Å²) in [6, 6.07) is 0. The molecule has 4 aliphatic carbocycles. The van der Waals surface area contributed by atoms with Gasteiger partial charge in [0.1, 0.15) is 0 Å². The van der Waals surface area contributed by atoms with Crippen molar-refractivity contribution >= 4 is 0 Å². The number of aliphatic hydroxyl groups is 2. The molecule has 1 saturated heterocycles. The molecule has 0 aromatic rings. The van der Waals surface area contributed by atoms with E-state index in [9.17, 15) is 10.2 Å². The van der Waals surface area contributed by atoms with Gasteiger partial charge in [-0.25, -0.2) is 0 Å². The minimum atomic E-state index is -0.0425. The van der Waals surface area contributed by atoms with Gasteiger partial charge < -0.3 is 14.9 Å². The first-order valence-corrected chi connectivity index (χ1v) is 13.2. The summed E-state index contributed by atoms with van der Waals surface area (Å²) in [6.07, 6.45) is 13.2. The van der Waals surface area contributed by atoms with Gasteiger partial charge in [0.05, 0.1) is 18.3 Å². The van der Waals surface area contributed by atoms with Gasteiger partial charge in [-0.2, -0.15) is 0 Å². The van der Waals surface area contributed by atoms with Crippen molar-refractivity contribution in [1.82, 2.24) is 0 Å². The lowest BCUT2D eigenvalue weighted by Crippen LogP contribution is -2.54. The molecule has 0 radical (unpaired) electrons. The maximum Gasteiger partial charge on any atom is 0.0618 e. The molecule has 30 heavy (non-hydrogen) atoms. The second-order valence-corrected chi connectivity index (χ2v) is 12.8. The van der Waals surface area contributed by atoms with E-state index in [1.807, 2.05) is 0 Å². The predicted octanol–water partition coefficient (Wildman–Crippen LogP) is 5.43. The molecule has 12 atom stereocenters. The number of fused-ring (bicyclic) bond motifs is 7. The standard InChI is InChI=1S/C27H46O3/c1-16(15-28)5-8-23-17(2)25-24(30-23)14-22-20-7-6-18-13-19(29)9-11-26(18,3)21(20)10-12-27(22,25)4/h16-25,28-29H,5-15H2,1-4H3/t16-,17+,18+,19+,20-,21+,22+,23+,24+,25+,26+,27+/m1/s1. The molecular formula is C27H46O3. The third-order valence-corrected chi connectivity index (χ3v) is 11.5. The predicted molar refractivity (Wildman–Crippen MR) is 120 cm³/mol. The number of hydrogen-bond donors (Lipinski definition) is 2. The average molecular weight is 419 g/mol.